The predicted octanol–water partition coefficient (Wildman–Crippen LogP) is 2.53. The second-order valence-corrected chi connectivity index (χ2v) is 6.62. The van der Waals surface area contributed by atoms with Crippen molar-refractivity contribution in [2.24, 2.45) is 0 Å². The summed E-state index contributed by atoms with van der Waals surface area (Å²) in [5, 5.41) is 0. The van der Waals surface area contributed by atoms with Gasteiger partial charge in [0.05, 0.1) is 6.61 Å². The maximum absolute atomic E-state index is 11.9. The van der Waals surface area contributed by atoms with Crippen LogP contribution in [-0.2, 0) is 16.1 Å². The molecule has 4 heteroatoms. The first-order valence-corrected chi connectivity index (χ1v) is 8.13. The molecule has 1 atom stereocenters. The van der Waals surface area contributed by atoms with Crippen molar-refractivity contribution in [1.29, 1.82) is 0 Å². The molecule has 0 saturated carbocycles. The van der Waals surface area contributed by atoms with Gasteiger partial charge in [0.25, 0.3) is 0 Å². The van der Waals surface area contributed by atoms with Crippen LogP contribution in [0.25, 0.3) is 0 Å². The molecule has 0 aromatic heterocycles. The molecule has 0 N–H and O–H groups in total. The number of rotatable bonds is 5. The van der Waals surface area contributed by atoms with Crippen molar-refractivity contribution >= 4 is 5.97 Å². The van der Waals surface area contributed by atoms with Crippen LogP contribution in [0.2, 0.25) is 0 Å². The summed E-state index contributed by atoms with van der Waals surface area (Å²) in [6.45, 7) is 12.4. The Morgan fingerprint density at radius 1 is 1.27 bits per heavy atom. The van der Waals surface area contributed by atoms with Crippen molar-refractivity contribution < 1.29 is 9.53 Å². The summed E-state index contributed by atoms with van der Waals surface area (Å²) in [6.07, 6.45) is 0. The average Bonchev–Trinajstić information content (AvgIpc) is 2.49. The van der Waals surface area contributed by atoms with Gasteiger partial charge in [-0.15, -0.1) is 0 Å². The Labute approximate surface area is 134 Å². The summed E-state index contributed by atoms with van der Waals surface area (Å²) < 4.78 is 5.15. The minimum atomic E-state index is -0.168. The normalized spacial score (nSPS) is 20.5. The molecule has 4 nitrogen and oxygen atoms in total. The summed E-state index contributed by atoms with van der Waals surface area (Å²) in [6, 6.07) is 10.4. The van der Waals surface area contributed by atoms with Gasteiger partial charge in [0, 0.05) is 31.7 Å². The molecule has 1 heterocycles. The van der Waals surface area contributed by atoms with Crippen molar-refractivity contribution in [3.05, 3.63) is 35.9 Å². The molecule has 1 aromatic rings. The van der Waals surface area contributed by atoms with E-state index in [1.165, 1.54) is 5.56 Å². The van der Waals surface area contributed by atoms with Crippen LogP contribution in [0.5, 0.6) is 0 Å². The van der Waals surface area contributed by atoms with Gasteiger partial charge in [-0.1, -0.05) is 30.3 Å². The molecule has 1 unspecified atom stereocenters. The van der Waals surface area contributed by atoms with Gasteiger partial charge in [-0.25, -0.2) is 0 Å². The second kappa shape index (κ2) is 7.25. The number of nitrogens with zero attached hydrogens (tertiary/aromatic N) is 2. The zero-order chi connectivity index (χ0) is 16.2. The summed E-state index contributed by atoms with van der Waals surface area (Å²) in [5.41, 5.74) is 1.37. The van der Waals surface area contributed by atoms with Gasteiger partial charge in [0.1, 0.15) is 6.04 Å². The zero-order valence-corrected chi connectivity index (χ0v) is 14.2. The zero-order valence-electron chi connectivity index (χ0n) is 14.2. The van der Waals surface area contributed by atoms with E-state index in [0.717, 1.165) is 26.2 Å². The van der Waals surface area contributed by atoms with Crippen LogP contribution in [-0.4, -0.2) is 53.6 Å². The molecule has 1 aliphatic heterocycles. The maximum Gasteiger partial charge on any atom is 0.323 e. The largest absolute Gasteiger partial charge is 0.465 e. The lowest BCUT2D eigenvalue weighted by Crippen LogP contribution is -2.61. The standard InChI is InChI=1S/C18H28N2O2/c1-5-22-17(21)15(2)19-11-12-20(18(3,4)14-19)13-16-9-7-6-8-10-16/h6-10,15H,5,11-14H2,1-4H3. The Balaban J connectivity index is 1.98. The van der Waals surface area contributed by atoms with E-state index in [4.69, 9.17) is 4.74 Å². The van der Waals surface area contributed by atoms with Crippen LogP contribution in [0, 0.1) is 0 Å². The minimum absolute atomic E-state index is 0.0366. The van der Waals surface area contributed by atoms with Crippen LogP contribution in [0.1, 0.15) is 33.3 Å². The van der Waals surface area contributed by atoms with Crippen molar-refractivity contribution in [2.75, 3.05) is 26.2 Å². The molecule has 1 saturated heterocycles. The lowest BCUT2D eigenvalue weighted by atomic mass is 9.96. The molecular weight excluding hydrogens is 276 g/mol. The van der Waals surface area contributed by atoms with Gasteiger partial charge in [0.2, 0.25) is 0 Å². The Morgan fingerprint density at radius 2 is 1.95 bits per heavy atom. The molecular formula is C18H28N2O2. The van der Waals surface area contributed by atoms with Gasteiger partial charge < -0.3 is 4.74 Å². The lowest BCUT2D eigenvalue weighted by Gasteiger charge is -2.48. The molecule has 0 aliphatic carbocycles. The van der Waals surface area contributed by atoms with Gasteiger partial charge in [0.15, 0.2) is 0 Å². The van der Waals surface area contributed by atoms with Gasteiger partial charge >= 0.3 is 5.97 Å². The SMILES string of the molecule is CCOC(=O)C(C)N1CCN(Cc2ccccc2)C(C)(C)C1. The number of ether oxygens (including phenoxy) is 1. The van der Waals surface area contributed by atoms with Crippen molar-refractivity contribution in [1.82, 2.24) is 9.80 Å². The lowest BCUT2D eigenvalue weighted by molar-refractivity contribution is -0.151. The highest BCUT2D eigenvalue weighted by atomic mass is 16.5. The number of benzene rings is 1. The first kappa shape index (κ1) is 17.0. The summed E-state index contributed by atoms with van der Waals surface area (Å²) in [5.74, 6) is -0.116. The molecule has 22 heavy (non-hydrogen) atoms. The first-order chi connectivity index (χ1) is 10.4. The fourth-order valence-corrected chi connectivity index (χ4v) is 3.07. The van der Waals surface area contributed by atoms with Crippen LogP contribution in [0.4, 0.5) is 0 Å². The van der Waals surface area contributed by atoms with Crippen LogP contribution < -0.4 is 0 Å². The van der Waals surface area contributed by atoms with Crippen molar-refractivity contribution in [3.63, 3.8) is 0 Å². The summed E-state index contributed by atoms with van der Waals surface area (Å²) in [4.78, 5) is 16.7. The fraction of sp³-hybridized carbons (Fsp3) is 0.611. The molecule has 1 aromatic carbocycles. The smallest absolute Gasteiger partial charge is 0.323 e. The van der Waals surface area contributed by atoms with Gasteiger partial charge in [-0.2, -0.15) is 0 Å². The quantitative estimate of drug-likeness (QED) is 0.783. The third-order valence-electron chi connectivity index (χ3n) is 4.49. The van der Waals surface area contributed by atoms with E-state index < -0.39 is 0 Å². The number of carbonyl (C=O) groups is 1. The summed E-state index contributed by atoms with van der Waals surface area (Å²) >= 11 is 0. The minimum Gasteiger partial charge on any atom is -0.465 e. The van der Waals surface area contributed by atoms with Crippen molar-refractivity contribution in [2.45, 2.75) is 45.8 Å². The van der Waals surface area contributed by atoms with E-state index >= 15 is 0 Å². The van der Waals surface area contributed by atoms with Gasteiger partial charge in [-0.05, 0) is 33.3 Å². The van der Waals surface area contributed by atoms with E-state index in [2.05, 4.69) is 47.9 Å². The third-order valence-corrected chi connectivity index (χ3v) is 4.49. The maximum atomic E-state index is 11.9. The number of hydrogen-bond donors (Lipinski definition) is 0. The third kappa shape index (κ3) is 4.08. The second-order valence-electron chi connectivity index (χ2n) is 6.62. The molecule has 122 valence electrons. The van der Waals surface area contributed by atoms with Crippen LogP contribution in [0.3, 0.4) is 0 Å². The Hall–Kier alpha value is -1.39. The number of hydrogen-bond acceptors (Lipinski definition) is 4. The predicted molar refractivity (Wildman–Crippen MR) is 88.6 cm³/mol. The Bertz CT molecular complexity index is 487. The Morgan fingerprint density at radius 3 is 2.55 bits per heavy atom. The first-order valence-electron chi connectivity index (χ1n) is 8.13. The monoisotopic (exact) mass is 304 g/mol. The number of esters is 1. The van der Waals surface area contributed by atoms with Crippen LogP contribution >= 0.6 is 0 Å². The summed E-state index contributed by atoms with van der Waals surface area (Å²) in [7, 11) is 0. The van der Waals surface area contributed by atoms with E-state index in [0.29, 0.717) is 6.61 Å². The highest BCUT2D eigenvalue weighted by Gasteiger charge is 2.37. The Kier molecular flexibility index (Phi) is 5.59. The fourth-order valence-electron chi connectivity index (χ4n) is 3.07. The number of piperazine rings is 1. The average molecular weight is 304 g/mol. The molecule has 0 spiro atoms. The van der Waals surface area contributed by atoms with Gasteiger partial charge in [-0.3, -0.25) is 14.6 Å². The molecule has 0 amide bonds. The van der Waals surface area contributed by atoms with E-state index in [9.17, 15) is 4.79 Å². The molecule has 1 aliphatic rings. The van der Waals surface area contributed by atoms with E-state index in [1.54, 1.807) is 0 Å². The molecule has 2 rings (SSSR count). The highest BCUT2D eigenvalue weighted by Crippen LogP contribution is 2.24. The topological polar surface area (TPSA) is 32.8 Å². The van der Waals surface area contributed by atoms with E-state index in [1.807, 2.05) is 19.9 Å². The molecule has 1 fully saturated rings. The van der Waals surface area contributed by atoms with E-state index in [-0.39, 0.29) is 17.6 Å². The van der Waals surface area contributed by atoms with Crippen molar-refractivity contribution in [3.8, 4) is 0 Å². The molecule has 0 bridgehead atoms. The highest BCUT2D eigenvalue weighted by molar-refractivity contribution is 5.75. The van der Waals surface area contributed by atoms with Crippen LogP contribution in [0.15, 0.2) is 30.3 Å². The molecule has 0 radical (unpaired) electrons. The number of carbonyl (C=O) groups excluding carboxylic acids is 1.